The van der Waals surface area contributed by atoms with Crippen LogP contribution in [-0.4, -0.2) is 44.0 Å². The molecule has 1 aliphatic heterocycles. The van der Waals surface area contributed by atoms with E-state index in [-0.39, 0.29) is 36.7 Å². The van der Waals surface area contributed by atoms with Gasteiger partial charge in [-0.05, 0) is 65.9 Å². The predicted octanol–water partition coefficient (Wildman–Crippen LogP) is 3.49. The lowest BCUT2D eigenvalue weighted by molar-refractivity contribution is -0.122. The Labute approximate surface area is 199 Å². The van der Waals surface area contributed by atoms with Crippen molar-refractivity contribution in [3.63, 3.8) is 0 Å². The lowest BCUT2D eigenvalue weighted by atomic mass is 9.98. The summed E-state index contributed by atoms with van der Waals surface area (Å²) in [5, 5.41) is 9.64. The summed E-state index contributed by atoms with van der Waals surface area (Å²) < 4.78 is 35.8. The minimum absolute atomic E-state index is 0.0445. The fourth-order valence-corrected chi connectivity index (χ4v) is 6.04. The third-order valence-electron chi connectivity index (χ3n) is 6.19. The zero-order valence-corrected chi connectivity index (χ0v) is 19.5. The topological polar surface area (TPSA) is 116 Å². The predicted molar refractivity (Wildman–Crippen MR) is 128 cm³/mol. The third-order valence-corrected chi connectivity index (χ3v) is 8.72. The summed E-state index contributed by atoms with van der Waals surface area (Å²) in [7, 11) is -3.96. The van der Waals surface area contributed by atoms with Crippen molar-refractivity contribution in [3.8, 4) is 22.6 Å². The van der Waals surface area contributed by atoms with Crippen LogP contribution < -0.4 is 10.5 Å². The molecule has 1 saturated heterocycles. The molecule has 1 heterocycles. The Balaban J connectivity index is 1.37. The zero-order valence-electron chi connectivity index (χ0n) is 18.6. The minimum Gasteiger partial charge on any atom is -0.508 e. The molecular formula is C26H27NO6S. The lowest BCUT2D eigenvalue weighted by Crippen LogP contribution is -2.53. The van der Waals surface area contributed by atoms with Gasteiger partial charge in [-0.15, -0.1) is 0 Å². The van der Waals surface area contributed by atoms with E-state index in [1.165, 1.54) is 12.1 Å². The highest BCUT2D eigenvalue weighted by atomic mass is 32.2. The van der Waals surface area contributed by atoms with Crippen molar-refractivity contribution in [1.82, 2.24) is 0 Å². The fourth-order valence-electron chi connectivity index (χ4n) is 4.13. The van der Waals surface area contributed by atoms with Crippen LogP contribution in [0.1, 0.15) is 18.4 Å². The molecule has 1 aliphatic rings. The molecule has 0 saturated carbocycles. The van der Waals surface area contributed by atoms with Crippen LogP contribution in [0.15, 0.2) is 77.7 Å². The van der Waals surface area contributed by atoms with E-state index >= 15 is 0 Å². The van der Waals surface area contributed by atoms with E-state index in [4.69, 9.17) is 15.2 Å². The molecule has 8 heteroatoms. The number of phenols is 1. The second-order valence-electron chi connectivity index (χ2n) is 8.29. The van der Waals surface area contributed by atoms with Crippen molar-refractivity contribution < 1.29 is 27.8 Å². The SMILES string of the molecule is NC(=O)C1(S(=O)(=O)c2ccc(OCCc3ccc(-c4cccc(O)c4)cc3)cc2)CCOCC1. The van der Waals surface area contributed by atoms with Crippen molar-refractivity contribution in [3.05, 3.63) is 78.4 Å². The van der Waals surface area contributed by atoms with E-state index in [9.17, 15) is 18.3 Å². The summed E-state index contributed by atoms with van der Waals surface area (Å²) in [5.74, 6) is -0.0759. The molecule has 0 radical (unpaired) electrons. The largest absolute Gasteiger partial charge is 0.508 e. The first-order valence-electron chi connectivity index (χ1n) is 11.1. The second-order valence-corrected chi connectivity index (χ2v) is 10.6. The number of hydrogen-bond donors (Lipinski definition) is 2. The van der Waals surface area contributed by atoms with Gasteiger partial charge in [0.25, 0.3) is 0 Å². The van der Waals surface area contributed by atoms with Crippen LogP contribution in [0.2, 0.25) is 0 Å². The molecule has 34 heavy (non-hydrogen) atoms. The molecule has 0 aromatic heterocycles. The van der Waals surface area contributed by atoms with Crippen molar-refractivity contribution in [2.75, 3.05) is 19.8 Å². The highest BCUT2D eigenvalue weighted by Gasteiger charge is 2.51. The first-order valence-corrected chi connectivity index (χ1v) is 12.5. The van der Waals surface area contributed by atoms with Gasteiger partial charge in [-0.1, -0.05) is 36.4 Å². The number of nitrogens with two attached hydrogens (primary N) is 1. The van der Waals surface area contributed by atoms with Gasteiger partial charge in [-0.2, -0.15) is 0 Å². The first-order chi connectivity index (χ1) is 16.3. The van der Waals surface area contributed by atoms with Crippen LogP contribution in [-0.2, 0) is 25.8 Å². The molecule has 0 atom stereocenters. The third kappa shape index (κ3) is 4.78. The van der Waals surface area contributed by atoms with Crippen LogP contribution in [0.25, 0.3) is 11.1 Å². The van der Waals surface area contributed by atoms with E-state index in [1.54, 1.807) is 30.3 Å². The number of aromatic hydroxyl groups is 1. The summed E-state index contributed by atoms with van der Waals surface area (Å²) in [5.41, 5.74) is 8.56. The molecule has 0 aliphatic carbocycles. The number of amides is 1. The summed E-state index contributed by atoms with van der Waals surface area (Å²) >= 11 is 0. The normalized spacial score (nSPS) is 15.5. The second kappa shape index (κ2) is 9.87. The number of carbonyl (C=O) groups excluding carboxylic acids is 1. The van der Waals surface area contributed by atoms with Gasteiger partial charge in [0.15, 0.2) is 14.6 Å². The molecule has 3 N–H and O–H groups in total. The van der Waals surface area contributed by atoms with Gasteiger partial charge in [-0.25, -0.2) is 8.42 Å². The molecule has 7 nitrogen and oxygen atoms in total. The summed E-state index contributed by atoms with van der Waals surface area (Å²) in [6, 6.07) is 21.2. The van der Waals surface area contributed by atoms with Crippen LogP contribution in [0.5, 0.6) is 11.5 Å². The van der Waals surface area contributed by atoms with Crippen molar-refractivity contribution in [2.45, 2.75) is 28.9 Å². The number of ether oxygens (including phenoxy) is 2. The van der Waals surface area contributed by atoms with Gasteiger partial charge < -0.3 is 20.3 Å². The van der Waals surface area contributed by atoms with Crippen molar-refractivity contribution >= 4 is 15.7 Å². The van der Waals surface area contributed by atoms with E-state index in [2.05, 4.69) is 0 Å². The molecule has 0 spiro atoms. The fraction of sp³-hybridized carbons (Fsp3) is 0.269. The average molecular weight is 482 g/mol. The number of benzene rings is 3. The van der Waals surface area contributed by atoms with Gasteiger partial charge >= 0.3 is 0 Å². The summed E-state index contributed by atoms with van der Waals surface area (Å²) in [4.78, 5) is 12.2. The van der Waals surface area contributed by atoms with Gasteiger partial charge in [0, 0.05) is 19.6 Å². The minimum atomic E-state index is -3.96. The maximum absolute atomic E-state index is 13.2. The quantitative estimate of drug-likeness (QED) is 0.509. The van der Waals surface area contributed by atoms with E-state index in [1.807, 2.05) is 30.3 Å². The maximum atomic E-state index is 13.2. The lowest BCUT2D eigenvalue weighted by Gasteiger charge is -2.33. The van der Waals surface area contributed by atoms with Crippen LogP contribution in [0.4, 0.5) is 0 Å². The average Bonchev–Trinajstić information content (AvgIpc) is 2.85. The Hall–Kier alpha value is -3.36. The monoisotopic (exact) mass is 481 g/mol. The Bertz CT molecular complexity index is 1250. The summed E-state index contributed by atoms with van der Waals surface area (Å²) in [6.07, 6.45) is 0.769. The molecule has 3 aromatic rings. The number of phenolic OH excluding ortho intramolecular Hbond substituents is 1. The standard InChI is InChI=1S/C26H27NO6S/c27-25(29)26(13-16-32-17-14-26)34(30,31)24-10-8-23(9-11-24)33-15-12-19-4-6-20(7-5-19)21-2-1-3-22(28)18-21/h1-11,18,28H,12-17H2,(H2,27,29). The highest BCUT2D eigenvalue weighted by Crippen LogP contribution is 2.35. The van der Waals surface area contributed by atoms with E-state index < -0.39 is 20.5 Å². The van der Waals surface area contributed by atoms with E-state index in [0.717, 1.165) is 16.7 Å². The van der Waals surface area contributed by atoms with Crippen molar-refractivity contribution in [1.29, 1.82) is 0 Å². The van der Waals surface area contributed by atoms with Crippen LogP contribution >= 0.6 is 0 Å². The maximum Gasteiger partial charge on any atom is 0.239 e. The van der Waals surface area contributed by atoms with Gasteiger partial charge in [0.2, 0.25) is 5.91 Å². The smallest absolute Gasteiger partial charge is 0.239 e. The Morgan fingerprint density at radius 2 is 1.65 bits per heavy atom. The number of rotatable bonds is 8. The number of carbonyl (C=O) groups is 1. The summed E-state index contributed by atoms with van der Waals surface area (Å²) in [6.45, 7) is 0.774. The van der Waals surface area contributed by atoms with Gasteiger partial charge in [-0.3, -0.25) is 4.79 Å². The number of sulfone groups is 1. The number of hydrogen-bond acceptors (Lipinski definition) is 6. The van der Waals surface area contributed by atoms with Gasteiger partial charge in [0.1, 0.15) is 11.5 Å². The Morgan fingerprint density at radius 1 is 0.971 bits per heavy atom. The molecule has 0 unspecified atom stereocenters. The molecular weight excluding hydrogens is 454 g/mol. The molecule has 1 fully saturated rings. The Kier molecular flexibility index (Phi) is 6.90. The number of primary amides is 1. The molecule has 1 amide bonds. The van der Waals surface area contributed by atoms with Crippen LogP contribution in [0.3, 0.4) is 0 Å². The van der Waals surface area contributed by atoms with E-state index in [0.29, 0.717) is 18.8 Å². The van der Waals surface area contributed by atoms with Crippen LogP contribution in [0, 0.1) is 0 Å². The molecule has 3 aromatic carbocycles. The molecule has 178 valence electrons. The first kappa shape index (κ1) is 23.8. The van der Waals surface area contributed by atoms with Crippen molar-refractivity contribution in [2.24, 2.45) is 5.73 Å². The molecule has 0 bridgehead atoms. The molecule has 4 rings (SSSR count). The Morgan fingerprint density at radius 3 is 2.26 bits per heavy atom. The zero-order chi connectivity index (χ0) is 24.2. The highest BCUT2D eigenvalue weighted by molar-refractivity contribution is 7.93. The van der Waals surface area contributed by atoms with Gasteiger partial charge in [0.05, 0.1) is 11.5 Å².